The van der Waals surface area contributed by atoms with Gasteiger partial charge in [0.2, 0.25) is 0 Å². The Bertz CT molecular complexity index is 551. The lowest BCUT2D eigenvalue weighted by Crippen LogP contribution is -2.15. The number of cyclic esters (lactones) is 1. The van der Waals surface area contributed by atoms with E-state index in [4.69, 9.17) is 14.2 Å². The van der Waals surface area contributed by atoms with Gasteiger partial charge in [-0.3, -0.25) is 4.79 Å². The molecule has 0 unspecified atom stereocenters. The molecule has 1 aliphatic rings. The van der Waals surface area contributed by atoms with Gasteiger partial charge in [-0.05, 0) is 19.1 Å². The van der Waals surface area contributed by atoms with Gasteiger partial charge >= 0.3 is 5.97 Å². The van der Waals surface area contributed by atoms with E-state index in [2.05, 4.69) is 0 Å². The molecule has 6 heteroatoms. The molecule has 108 valence electrons. The first kappa shape index (κ1) is 14.3. The Morgan fingerprint density at radius 1 is 1.40 bits per heavy atom. The zero-order chi connectivity index (χ0) is 14.9. The van der Waals surface area contributed by atoms with Crippen molar-refractivity contribution in [2.75, 3.05) is 14.2 Å². The lowest BCUT2D eigenvalue weighted by Gasteiger charge is -2.17. The van der Waals surface area contributed by atoms with Gasteiger partial charge in [-0.2, -0.15) is 0 Å². The lowest BCUT2D eigenvalue weighted by molar-refractivity contribution is -0.148. The second-order valence-electron chi connectivity index (χ2n) is 4.52. The van der Waals surface area contributed by atoms with Crippen LogP contribution in [0.2, 0.25) is 0 Å². The third kappa shape index (κ3) is 2.34. The van der Waals surface area contributed by atoms with Crippen LogP contribution in [0.15, 0.2) is 12.1 Å². The first-order chi connectivity index (χ1) is 9.49. The van der Waals surface area contributed by atoms with Crippen molar-refractivity contribution >= 4 is 11.8 Å². The molecular weight excluding hydrogens is 264 g/mol. The van der Waals surface area contributed by atoms with Crippen LogP contribution in [0.4, 0.5) is 0 Å². The summed E-state index contributed by atoms with van der Waals surface area (Å²) in [7, 11) is 2.85. The Morgan fingerprint density at radius 2 is 2.10 bits per heavy atom. The zero-order valence-corrected chi connectivity index (χ0v) is 11.5. The van der Waals surface area contributed by atoms with Gasteiger partial charge < -0.3 is 19.3 Å². The molecule has 1 saturated heterocycles. The molecule has 2 rings (SSSR count). The van der Waals surface area contributed by atoms with Gasteiger partial charge in [-0.15, -0.1) is 0 Å². The summed E-state index contributed by atoms with van der Waals surface area (Å²) in [4.78, 5) is 23.1. The number of aromatic hydroxyl groups is 1. The van der Waals surface area contributed by atoms with E-state index in [0.29, 0.717) is 11.3 Å². The van der Waals surface area contributed by atoms with E-state index >= 15 is 0 Å². The monoisotopic (exact) mass is 280 g/mol. The first-order valence-corrected chi connectivity index (χ1v) is 6.13. The quantitative estimate of drug-likeness (QED) is 0.666. The largest absolute Gasteiger partial charge is 0.507 e. The molecule has 20 heavy (non-hydrogen) atoms. The van der Waals surface area contributed by atoms with E-state index < -0.39 is 18.2 Å². The number of benzene rings is 1. The van der Waals surface area contributed by atoms with Crippen molar-refractivity contribution < 1.29 is 28.9 Å². The molecule has 0 radical (unpaired) electrons. The fourth-order valence-electron chi connectivity index (χ4n) is 2.29. The summed E-state index contributed by atoms with van der Waals surface area (Å²) in [5.74, 6) is -0.625. The molecule has 0 spiro atoms. The van der Waals surface area contributed by atoms with Gasteiger partial charge in [0.05, 0.1) is 18.2 Å². The fourth-order valence-corrected chi connectivity index (χ4v) is 2.29. The minimum absolute atomic E-state index is 0.165. The van der Waals surface area contributed by atoms with E-state index in [0.717, 1.165) is 0 Å². The maximum atomic E-state index is 11.6. The summed E-state index contributed by atoms with van der Waals surface area (Å²) < 4.78 is 15.4. The Morgan fingerprint density at radius 3 is 2.60 bits per heavy atom. The zero-order valence-electron chi connectivity index (χ0n) is 11.5. The van der Waals surface area contributed by atoms with Crippen molar-refractivity contribution in [1.29, 1.82) is 0 Å². The number of methoxy groups -OCH3 is 2. The van der Waals surface area contributed by atoms with Crippen molar-refractivity contribution in [2.24, 2.45) is 0 Å². The second kappa shape index (κ2) is 5.50. The molecule has 1 N–H and O–H groups in total. The van der Waals surface area contributed by atoms with Crippen molar-refractivity contribution in [3.63, 3.8) is 0 Å². The number of carbonyl (C=O) groups is 2. The number of phenols is 1. The number of rotatable bonds is 4. The maximum Gasteiger partial charge on any atom is 0.336 e. The van der Waals surface area contributed by atoms with Gasteiger partial charge in [0, 0.05) is 13.5 Å². The van der Waals surface area contributed by atoms with Crippen LogP contribution < -0.4 is 4.74 Å². The molecule has 0 aromatic heterocycles. The predicted octanol–water partition coefficient (Wildman–Crippen LogP) is 1.61. The predicted molar refractivity (Wildman–Crippen MR) is 68.9 cm³/mol. The average Bonchev–Trinajstić information content (AvgIpc) is 2.78. The van der Waals surface area contributed by atoms with Crippen LogP contribution in [0, 0.1) is 0 Å². The van der Waals surface area contributed by atoms with Crippen molar-refractivity contribution in [3.05, 3.63) is 23.3 Å². The smallest absolute Gasteiger partial charge is 0.336 e. The molecule has 2 atom stereocenters. The van der Waals surface area contributed by atoms with Crippen molar-refractivity contribution in [2.45, 2.75) is 25.6 Å². The minimum atomic E-state index is -0.693. The molecule has 0 amide bonds. The van der Waals surface area contributed by atoms with E-state index in [1.165, 1.54) is 27.2 Å². The number of esters is 1. The highest BCUT2D eigenvalue weighted by atomic mass is 16.6. The van der Waals surface area contributed by atoms with Gasteiger partial charge in [0.25, 0.3) is 0 Å². The number of Topliss-reactive ketones (excluding diaryl/α,β-unsaturated/α-hetero) is 1. The van der Waals surface area contributed by atoms with E-state index in [9.17, 15) is 14.7 Å². The van der Waals surface area contributed by atoms with E-state index in [1.54, 1.807) is 6.07 Å². The first-order valence-electron chi connectivity index (χ1n) is 6.13. The van der Waals surface area contributed by atoms with Crippen molar-refractivity contribution in [1.82, 2.24) is 0 Å². The number of ketones is 1. The topological polar surface area (TPSA) is 82.1 Å². The minimum Gasteiger partial charge on any atom is -0.507 e. The van der Waals surface area contributed by atoms with Crippen LogP contribution in [0.25, 0.3) is 0 Å². The summed E-state index contributed by atoms with van der Waals surface area (Å²) in [5, 5.41) is 10.2. The van der Waals surface area contributed by atoms with Crippen LogP contribution in [-0.4, -0.2) is 37.2 Å². The number of ether oxygens (including phenoxy) is 3. The van der Waals surface area contributed by atoms with Crippen LogP contribution in [0.3, 0.4) is 0 Å². The molecule has 0 aliphatic carbocycles. The molecule has 0 bridgehead atoms. The number of carbonyl (C=O) groups excluding carboxylic acids is 2. The van der Waals surface area contributed by atoms with Crippen LogP contribution in [0.1, 0.15) is 35.4 Å². The highest BCUT2D eigenvalue weighted by Gasteiger charge is 2.39. The number of phenolic OH excluding ortho intramolecular Hbond substituents is 1. The molecular formula is C14H16O6. The van der Waals surface area contributed by atoms with Crippen LogP contribution >= 0.6 is 0 Å². The lowest BCUT2D eigenvalue weighted by atomic mass is 9.98. The van der Waals surface area contributed by atoms with E-state index in [-0.39, 0.29) is 23.5 Å². The molecule has 1 aliphatic heterocycles. The second-order valence-corrected chi connectivity index (χ2v) is 4.52. The van der Waals surface area contributed by atoms with Gasteiger partial charge in [-0.1, -0.05) is 0 Å². The highest BCUT2D eigenvalue weighted by molar-refractivity contribution is 5.97. The summed E-state index contributed by atoms with van der Waals surface area (Å²) in [5.41, 5.74) is 0.464. The molecule has 1 aromatic carbocycles. The summed E-state index contributed by atoms with van der Waals surface area (Å²) in [6.45, 7) is 1.35. The van der Waals surface area contributed by atoms with E-state index in [1.807, 2.05) is 0 Å². The average molecular weight is 280 g/mol. The van der Waals surface area contributed by atoms with Crippen LogP contribution in [-0.2, 0) is 14.3 Å². The Labute approximate surface area is 116 Å². The maximum absolute atomic E-state index is 11.6. The number of hydrogen-bond donors (Lipinski definition) is 1. The van der Waals surface area contributed by atoms with Crippen LogP contribution in [0.5, 0.6) is 11.5 Å². The summed E-state index contributed by atoms with van der Waals surface area (Å²) in [6, 6.07) is 3.05. The Kier molecular flexibility index (Phi) is 3.94. The molecule has 1 aromatic rings. The molecule has 0 saturated carbocycles. The molecule has 6 nitrogen and oxygen atoms in total. The summed E-state index contributed by atoms with van der Waals surface area (Å²) in [6.07, 6.45) is -1.10. The SMILES string of the molecule is COc1ccc(C(C)=O)c(O)c1[C@H]1C[C@H](OC)C(=O)O1. The normalized spacial score (nSPS) is 21.6. The third-order valence-electron chi connectivity index (χ3n) is 3.33. The fraction of sp³-hybridized carbons (Fsp3) is 0.429. The Balaban J connectivity index is 2.47. The third-order valence-corrected chi connectivity index (χ3v) is 3.33. The summed E-state index contributed by atoms with van der Waals surface area (Å²) >= 11 is 0. The standard InChI is InChI=1S/C14H16O6/c1-7(15)8-4-5-9(18-2)12(13(8)16)10-6-11(19-3)14(17)20-10/h4-5,10-11,16H,6H2,1-3H3/t10-,11+/m1/s1. The highest BCUT2D eigenvalue weighted by Crippen LogP contribution is 2.43. The van der Waals surface area contributed by atoms with Gasteiger partial charge in [0.15, 0.2) is 11.9 Å². The van der Waals surface area contributed by atoms with Gasteiger partial charge in [0.1, 0.15) is 17.6 Å². The van der Waals surface area contributed by atoms with Gasteiger partial charge in [-0.25, -0.2) is 4.79 Å². The Hall–Kier alpha value is -2.08. The molecule has 1 heterocycles. The number of hydrogen-bond acceptors (Lipinski definition) is 6. The molecule has 1 fully saturated rings. The van der Waals surface area contributed by atoms with Crippen molar-refractivity contribution in [3.8, 4) is 11.5 Å².